The number of pyridine rings is 1. The van der Waals surface area contributed by atoms with E-state index in [9.17, 15) is 13.2 Å². The molecule has 2 aromatic rings. The van der Waals surface area contributed by atoms with Crippen molar-refractivity contribution in [2.45, 2.75) is 19.1 Å². The summed E-state index contributed by atoms with van der Waals surface area (Å²) in [4.78, 5) is 13.8. The number of rotatable bonds is 1. The highest BCUT2D eigenvalue weighted by atomic mass is 35.5. The predicted octanol–water partition coefficient (Wildman–Crippen LogP) is 3.11. The first-order chi connectivity index (χ1) is 9.95. The Balaban J connectivity index is 1.89. The van der Waals surface area contributed by atoms with Crippen LogP contribution in [0.4, 0.5) is 19.0 Å². The molecule has 0 saturated heterocycles. The number of halogens is 4. The van der Waals surface area contributed by atoms with Crippen LogP contribution in [0.3, 0.4) is 0 Å². The summed E-state index contributed by atoms with van der Waals surface area (Å²) in [5.74, 6) is 0.342. The highest BCUT2D eigenvalue weighted by Crippen LogP contribution is 2.34. The maximum absolute atomic E-state index is 12.6. The smallest absolute Gasteiger partial charge is 0.349 e. The van der Waals surface area contributed by atoms with Crippen LogP contribution in [0.15, 0.2) is 24.8 Å². The molecule has 0 amide bonds. The highest BCUT2D eigenvalue weighted by Gasteiger charge is 2.32. The monoisotopic (exact) mass is 314 g/mol. The van der Waals surface area contributed by atoms with Gasteiger partial charge in [0.05, 0.1) is 22.8 Å². The SMILES string of the molecule is FC(F)(F)c1cnc(N2CCc3cncnc3C2)c(Cl)c1. The summed E-state index contributed by atoms with van der Waals surface area (Å²) in [6.07, 6.45) is 0.258. The van der Waals surface area contributed by atoms with Gasteiger partial charge in [0.1, 0.15) is 12.1 Å². The maximum Gasteiger partial charge on any atom is 0.417 e. The molecule has 4 nitrogen and oxygen atoms in total. The van der Waals surface area contributed by atoms with Crippen molar-refractivity contribution in [3.05, 3.63) is 46.6 Å². The molecular formula is C13H10ClF3N4. The average molecular weight is 315 g/mol. The van der Waals surface area contributed by atoms with Crippen molar-refractivity contribution >= 4 is 17.4 Å². The third-order valence-corrected chi connectivity index (χ3v) is 3.60. The fourth-order valence-corrected chi connectivity index (χ4v) is 2.54. The molecule has 0 fully saturated rings. The van der Waals surface area contributed by atoms with Gasteiger partial charge in [-0.15, -0.1) is 0 Å². The Morgan fingerprint density at radius 2 is 2.00 bits per heavy atom. The van der Waals surface area contributed by atoms with Crippen LogP contribution in [0.2, 0.25) is 5.02 Å². The molecule has 110 valence electrons. The molecule has 2 aromatic heterocycles. The van der Waals surface area contributed by atoms with Gasteiger partial charge in [0.15, 0.2) is 0 Å². The van der Waals surface area contributed by atoms with Crippen molar-refractivity contribution in [1.29, 1.82) is 0 Å². The first-order valence-corrected chi connectivity index (χ1v) is 6.58. The molecule has 0 radical (unpaired) electrons. The second-order valence-electron chi connectivity index (χ2n) is 4.69. The van der Waals surface area contributed by atoms with Crippen LogP contribution in [-0.4, -0.2) is 21.5 Å². The van der Waals surface area contributed by atoms with Gasteiger partial charge in [0.25, 0.3) is 0 Å². The van der Waals surface area contributed by atoms with Gasteiger partial charge in [-0.3, -0.25) is 0 Å². The quantitative estimate of drug-likeness (QED) is 0.811. The van der Waals surface area contributed by atoms with Gasteiger partial charge >= 0.3 is 6.18 Å². The first-order valence-electron chi connectivity index (χ1n) is 6.20. The predicted molar refractivity (Wildman–Crippen MR) is 71.0 cm³/mol. The summed E-state index contributed by atoms with van der Waals surface area (Å²) < 4.78 is 37.8. The lowest BCUT2D eigenvalue weighted by molar-refractivity contribution is -0.137. The van der Waals surface area contributed by atoms with Crippen molar-refractivity contribution in [3.63, 3.8) is 0 Å². The van der Waals surface area contributed by atoms with Crippen LogP contribution in [0.5, 0.6) is 0 Å². The van der Waals surface area contributed by atoms with Gasteiger partial charge in [-0.05, 0) is 18.1 Å². The molecule has 1 aliphatic heterocycles. The van der Waals surface area contributed by atoms with Gasteiger partial charge in [-0.25, -0.2) is 15.0 Å². The third kappa shape index (κ3) is 2.78. The fraction of sp³-hybridized carbons (Fsp3) is 0.308. The van der Waals surface area contributed by atoms with E-state index in [0.29, 0.717) is 25.3 Å². The van der Waals surface area contributed by atoms with Crippen LogP contribution in [-0.2, 0) is 19.1 Å². The Morgan fingerprint density at radius 1 is 1.19 bits per heavy atom. The van der Waals surface area contributed by atoms with E-state index in [4.69, 9.17) is 11.6 Å². The third-order valence-electron chi connectivity index (χ3n) is 3.32. The first kappa shape index (κ1) is 14.1. The summed E-state index contributed by atoms with van der Waals surface area (Å²) in [5.41, 5.74) is 1.03. The summed E-state index contributed by atoms with van der Waals surface area (Å²) in [6.45, 7) is 1.06. The fourth-order valence-electron chi connectivity index (χ4n) is 2.25. The van der Waals surface area contributed by atoms with Crippen molar-refractivity contribution < 1.29 is 13.2 Å². The highest BCUT2D eigenvalue weighted by molar-refractivity contribution is 6.33. The maximum atomic E-state index is 12.6. The van der Waals surface area contributed by atoms with Crippen molar-refractivity contribution in [2.24, 2.45) is 0 Å². The number of hydrogen-bond donors (Lipinski definition) is 0. The largest absolute Gasteiger partial charge is 0.417 e. The lowest BCUT2D eigenvalue weighted by atomic mass is 10.1. The van der Waals surface area contributed by atoms with E-state index < -0.39 is 11.7 Å². The molecule has 3 rings (SSSR count). The molecule has 0 unspecified atom stereocenters. The number of nitrogens with zero attached hydrogens (tertiary/aromatic N) is 4. The van der Waals surface area contributed by atoms with Crippen molar-refractivity contribution in [1.82, 2.24) is 15.0 Å². The van der Waals surface area contributed by atoms with Crippen LogP contribution in [0, 0.1) is 0 Å². The van der Waals surface area contributed by atoms with Crippen LogP contribution >= 0.6 is 11.6 Å². The molecule has 8 heteroatoms. The Labute approximate surface area is 123 Å². The van der Waals surface area contributed by atoms with Gasteiger partial charge in [-0.2, -0.15) is 13.2 Å². The molecule has 0 atom stereocenters. The molecule has 21 heavy (non-hydrogen) atoms. The Bertz CT molecular complexity index is 675. The molecule has 0 N–H and O–H groups in total. The minimum absolute atomic E-state index is 0.0117. The van der Waals surface area contributed by atoms with E-state index >= 15 is 0 Å². The van der Waals surface area contributed by atoms with Crippen LogP contribution in [0.25, 0.3) is 0 Å². The summed E-state index contributed by atoms with van der Waals surface area (Å²) >= 11 is 5.96. The molecular weight excluding hydrogens is 305 g/mol. The zero-order valence-corrected chi connectivity index (χ0v) is 11.5. The van der Waals surface area contributed by atoms with Crippen LogP contribution < -0.4 is 4.90 Å². The number of anilines is 1. The summed E-state index contributed by atoms with van der Waals surface area (Å²) in [5, 5.41) is -0.0117. The number of alkyl halides is 3. The molecule has 1 aliphatic rings. The van der Waals surface area contributed by atoms with Gasteiger partial charge in [0, 0.05) is 18.9 Å². The van der Waals surface area contributed by atoms with E-state index in [0.717, 1.165) is 23.5 Å². The molecule has 3 heterocycles. The topological polar surface area (TPSA) is 41.9 Å². The Morgan fingerprint density at radius 3 is 2.71 bits per heavy atom. The number of hydrogen-bond acceptors (Lipinski definition) is 4. The summed E-state index contributed by atoms with van der Waals surface area (Å²) in [6, 6.07) is 0.902. The van der Waals surface area contributed by atoms with Gasteiger partial charge < -0.3 is 4.90 Å². The van der Waals surface area contributed by atoms with Crippen molar-refractivity contribution in [2.75, 3.05) is 11.4 Å². The Kier molecular flexibility index (Phi) is 3.44. The van der Waals surface area contributed by atoms with E-state index in [-0.39, 0.29) is 5.02 Å². The van der Waals surface area contributed by atoms with Gasteiger partial charge in [-0.1, -0.05) is 11.6 Å². The minimum Gasteiger partial charge on any atom is -0.349 e. The molecule has 0 aromatic carbocycles. The normalized spacial score (nSPS) is 15.0. The van der Waals surface area contributed by atoms with Crippen molar-refractivity contribution in [3.8, 4) is 0 Å². The van der Waals surface area contributed by atoms with E-state index in [1.165, 1.54) is 6.33 Å². The zero-order chi connectivity index (χ0) is 15.0. The Hall–Kier alpha value is -1.89. The number of fused-ring (bicyclic) bond motifs is 1. The summed E-state index contributed by atoms with van der Waals surface area (Å²) in [7, 11) is 0. The van der Waals surface area contributed by atoms with E-state index in [2.05, 4.69) is 15.0 Å². The van der Waals surface area contributed by atoms with E-state index in [1.54, 1.807) is 6.20 Å². The lowest BCUT2D eigenvalue weighted by Crippen LogP contribution is -2.32. The average Bonchev–Trinajstić information content (AvgIpc) is 2.45. The minimum atomic E-state index is -4.45. The standard InChI is InChI=1S/C13H10ClF3N4/c14-10-3-9(13(15,16)17)5-19-12(10)21-2-1-8-4-18-7-20-11(8)6-21/h3-5,7H,1-2,6H2. The molecule has 0 aliphatic carbocycles. The second-order valence-corrected chi connectivity index (χ2v) is 5.10. The molecule has 0 spiro atoms. The molecule has 0 bridgehead atoms. The molecule has 0 saturated carbocycles. The zero-order valence-electron chi connectivity index (χ0n) is 10.7. The van der Waals surface area contributed by atoms with Crippen LogP contribution in [0.1, 0.15) is 16.8 Å². The second kappa shape index (κ2) is 5.14. The van der Waals surface area contributed by atoms with Gasteiger partial charge in [0.2, 0.25) is 0 Å². The van der Waals surface area contributed by atoms with E-state index in [1.807, 2.05) is 4.90 Å². The number of aromatic nitrogens is 3. The lowest BCUT2D eigenvalue weighted by Gasteiger charge is -2.29.